The number of phenolic OH excluding ortho intramolecular Hbond substituents is 1. The average Bonchev–Trinajstić information content (AvgIpc) is 2.89. The van der Waals surface area contributed by atoms with Crippen molar-refractivity contribution < 1.29 is 40.7 Å². The van der Waals surface area contributed by atoms with Crippen molar-refractivity contribution in [3.8, 4) is 11.5 Å². The van der Waals surface area contributed by atoms with Crippen LogP contribution in [0.4, 0.5) is 42.2 Å². The zero-order chi connectivity index (χ0) is 31.6. The number of hydrogen-bond donors (Lipinski definition) is 2. The number of halogens is 7. The third-order valence-electron chi connectivity index (χ3n) is 7.90. The number of nitrogens with one attached hydrogen (secondary N) is 1. The van der Waals surface area contributed by atoms with Crippen molar-refractivity contribution in [2.24, 2.45) is 0 Å². The summed E-state index contributed by atoms with van der Waals surface area (Å²) in [6.45, 7) is 14.5. The summed E-state index contributed by atoms with van der Waals surface area (Å²) in [7, 11) is 0. The summed E-state index contributed by atoms with van der Waals surface area (Å²) in [5.74, 6) is -11.7. The molecule has 0 radical (unpaired) electrons. The monoisotopic (exact) mass is 594 g/mol. The third kappa shape index (κ3) is 7.15. The predicted octanol–water partition coefficient (Wildman–Crippen LogP) is 9.61. The number of benzene rings is 2. The van der Waals surface area contributed by atoms with E-state index in [0.29, 0.717) is 18.2 Å². The predicted molar refractivity (Wildman–Crippen MR) is 148 cm³/mol. The summed E-state index contributed by atoms with van der Waals surface area (Å²) < 4.78 is 102. The molecule has 0 aromatic heterocycles. The number of hydrogen-bond acceptors (Lipinski definition) is 4. The van der Waals surface area contributed by atoms with Crippen LogP contribution in [0.2, 0.25) is 0 Å². The fourth-order valence-electron chi connectivity index (χ4n) is 4.00. The first-order valence-electron chi connectivity index (χ1n) is 13.6. The van der Waals surface area contributed by atoms with Crippen LogP contribution in [0.15, 0.2) is 36.4 Å². The second kappa shape index (κ2) is 12.2. The molecule has 11 heteroatoms. The first-order valence-corrected chi connectivity index (χ1v) is 13.6. The lowest BCUT2D eigenvalue weighted by molar-refractivity contribution is -0.310. The molecule has 0 fully saturated rings. The largest absolute Gasteiger partial charge is 0.506 e. The number of aromatic hydroxyl groups is 1. The molecule has 0 saturated heterocycles. The van der Waals surface area contributed by atoms with Crippen molar-refractivity contribution in [3.63, 3.8) is 0 Å². The van der Waals surface area contributed by atoms with E-state index >= 15 is 0 Å². The second-order valence-corrected chi connectivity index (χ2v) is 11.7. The van der Waals surface area contributed by atoms with E-state index < -0.39 is 41.4 Å². The molecular weight excluding hydrogens is 553 g/mol. The molecule has 0 aliphatic heterocycles. The lowest BCUT2D eigenvalue weighted by Crippen LogP contribution is -2.59. The molecule has 4 nitrogen and oxygen atoms in total. The van der Waals surface area contributed by atoms with E-state index in [1.54, 1.807) is 0 Å². The van der Waals surface area contributed by atoms with Crippen molar-refractivity contribution in [1.29, 1.82) is 0 Å². The second-order valence-electron chi connectivity index (χ2n) is 11.7. The van der Waals surface area contributed by atoms with E-state index in [-0.39, 0.29) is 29.2 Å². The van der Waals surface area contributed by atoms with Gasteiger partial charge in [0.2, 0.25) is 0 Å². The highest BCUT2D eigenvalue weighted by Crippen LogP contribution is 2.50. The molecule has 41 heavy (non-hydrogen) atoms. The molecule has 0 aliphatic rings. The summed E-state index contributed by atoms with van der Waals surface area (Å²) >= 11 is 0. The zero-order valence-corrected chi connectivity index (χ0v) is 24.8. The van der Waals surface area contributed by atoms with Gasteiger partial charge in [0.05, 0.1) is 6.54 Å². The Morgan fingerprint density at radius 3 is 1.93 bits per heavy atom. The number of ether oxygens (including phenoxy) is 1. The number of anilines is 2. The van der Waals surface area contributed by atoms with Gasteiger partial charge in [-0.3, -0.25) is 0 Å². The molecule has 1 unspecified atom stereocenters. The van der Waals surface area contributed by atoms with Crippen LogP contribution in [0.3, 0.4) is 0 Å². The molecule has 232 valence electrons. The van der Waals surface area contributed by atoms with Gasteiger partial charge in [0, 0.05) is 24.2 Å². The molecule has 2 aromatic rings. The zero-order valence-electron chi connectivity index (χ0n) is 24.8. The molecule has 0 saturated carbocycles. The van der Waals surface area contributed by atoms with Crippen molar-refractivity contribution in [2.45, 2.75) is 109 Å². The normalized spacial score (nSPS) is 14.1. The Hall–Kier alpha value is -2.85. The Labute approximate surface area is 237 Å². The highest BCUT2D eigenvalue weighted by molar-refractivity contribution is 5.64. The number of rotatable bonds is 14. The lowest BCUT2D eigenvalue weighted by atomic mass is 9.76. The fourth-order valence-corrected chi connectivity index (χ4v) is 4.00. The Bertz CT molecular complexity index is 1180. The lowest BCUT2D eigenvalue weighted by Gasteiger charge is -2.34. The maximum atomic E-state index is 14.3. The fraction of sp³-hybridized carbons (Fsp3) is 0.600. The van der Waals surface area contributed by atoms with Crippen LogP contribution in [0, 0.1) is 0 Å². The average molecular weight is 595 g/mol. The topological polar surface area (TPSA) is 44.7 Å². The minimum absolute atomic E-state index is 0.0244. The van der Waals surface area contributed by atoms with Gasteiger partial charge in [-0.15, -0.1) is 5.12 Å². The van der Waals surface area contributed by atoms with Crippen LogP contribution in [0.1, 0.15) is 85.8 Å². The van der Waals surface area contributed by atoms with Crippen molar-refractivity contribution in [3.05, 3.63) is 47.5 Å². The molecule has 1 atom stereocenters. The van der Waals surface area contributed by atoms with E-state index in [0.717, 1.165) is 30.5 Å². The summed E-state index contributed by atoms with van der Waals surface area (Å²) in [5.41, 5.74) is 0.794. The molecule has 0 aliphatic carbocycles. The van der Waals surface area contributed by atoms with Crippen LogP contribution in [-0.4, -0.2) is 35.6 Å². The number of phenols is 1. The molecule has 0 bridgehead atoms. The highest BCUT2D eigenvalue weighted by atomic mass is 19.4. The standard InChI is InChI=1S/C30H41F7N2O2/c1-9-21(41-25-15-12-19(26(4,5)10-2)16-22(25)27(6,7)11-3)18-38-20-13-14-23(24(40)17-20)39(37)30(35,36)29(33,34)28(8,31)32/h12-17,21,38,40H,9-11,18H2,1-8H3. The molecule has 2 rings (SSSR count). The number of alkyl halides is 6. The summed E-state index contributed by atoms with van der Waals surface area (Å²) in [6, 6.07) is 2.71. The van der Waals surface area contributed by atoms with Gasteiger partial charge in [-0.05, 0) is 53.9 Å². The van der Waals surface area contributed by atoms with Crippen LogP contribution in [0.5, 0.6) is 11.5 Å². The first-order chi connectivity index (χ1) is 18.7. The highest BCUT2D eigenvalue weighted by Gasteiger charge is 2.73. The molecular formula is C30H41F7N2O2. The summed E-state index contributed by atoms with van der Waals surface area (Å²) in [4.78, 5) is 0. The Morgan fingerprint density at radius 2 is 1.44 bits per heavy atom. The molecule has 2 aromatic carbocycles. The van der Waals surface area contributed by atoms with Gasteiger partial charge < -0.3 is 15.2 Å². The van der Waals surface area contributed by atoms with E-state index in [1.807, 2.05) is 19.1 Å². The minimum Gasteiger partial charge on any atom is -0.506 e. The van der Waals surface area contributed by atoms with Crippen LogP contribution >= 0.6 is 0 Å². The third-order valence-corrected chi connectivity index (χ3v) is 7.90. The Kier molecular flexibility index (Phi) is 10.2. The van der Waals surface area contributed by atoms with Crippen LogP contribution in [-0.2, 0) is 10.8 Å². The van der Waals surface area contributed by atoms with E-state index in [1.165, 1.54) is 5.56 Å². The molecule has 2 N–H and O–H groups in total. The molecule has 0 heterocycles. The molecule has 0 amide bonds. The van der Waals surface area contributed by atoms with Gasteiger partial charge in [-0.2, -0.15) is 26.3 Å². The Morgan fingerprint density at radius 1 is 0.854 bits per heavy atom. The van der Waals surface area contributed by atoms with Gasteiger partial charge >= 0.3 is 17.9 Å². The maximum Gasteiger partial charge on any atom is 0.420 e. The van der Waals surface area contributed by atoms with E-state index in [9.17, 15) is 35.9 Å². The Balaban J connectivity index is 2.26. The van der Waals surface area contributed by atoms with Crippen molar-refractivity contribution in [1.82, 2.24) is 0 Å². The van der Waals surface area contributed by atoms with Gasteiger partial charge in [0.25, 0.3) is 0 Å². The van der Waals surface area contributed by atoms with Crippen LogP contribution < -0.4 is 15.2 Å². The first kappa shape index (κ1) is 34.4. The van der Waals surface area contributed by atoms with E-state index in [2.05, 4.69) is 52.9 Å². The minimum atomic E-state index is -6.06. The number of nitrogens with zero attached hydrogens (tertiary/aromatic N) is 1. The smallest absolute Gasteiger partial charge is 0.420 e. The quantitative estimate of drug-likeness (QED) is 0.130. The van der Waals surface area contributed by atoms with Gasteiger partial charge in [-0.25, -0.2) is 0 Å². The van der Waals surface area contributed by atoms with Gasteiger partial charge in [-0.1, -0.05) is 65.1 Å². The summed E-state index contributed by atoms with van der Waals surface area (Å²) in [6.07, 6.45) is 2.01. The van der Waals surface area contributed by atoms with Gasteiger partial charge in [0.15, 0.2) is 0 Å². The van der Waals surface area contributed by atoms with Crippen molar-refractivity contribution >= 4 is 11.4 Å². The van der Waals surface area contributed by atoms with Gasteiger partial charge in [0.1, 0.15) is 23.3 Å². The van der Waals surface area contributed by atoms with Crippen LogP contribution in [0.25, 0.3) is 0 Å². The van der Waals surface area contributed by atoms with Crippen molar-refractivity contribution in [2.75, 3.05) is 17.0 Å². The maximum absolute atomic E-state index is 14.3. The SMILES string of the molecule is CCC(CNc1ccc(N(F)C(F)(F)C(F)(F)C(C)(F)F)c(O)c1)Oc1ccc(C(C)(C)CC)cc1C(C)(C)CC. The molecule has 0 spiro atoms. The summed E-state index contributed by atoms with van der Waals surface area (Å²) in [5, 5.41) is 11.2. The van der Waals surface area contributed by atoms with E-state index in [4.69, 9.17) is 4.74 Å².